The topological polar surface area (TPSA) is 0 Å². The number of benzene rings is 3. The van der Waals surface area contributed by atoms with Crippen molar-refractivity contribution in [1.82, 2.24) is 0 Å². The third kappa shape index (κ3) is 4.32. The van der Waals surface area contributed by atoms with E-state index in [0.29, 0.717) is 0 Å². The van der Waals surface area contributed by atoms with Crippen molar-refractivity contribution in [3.63, 3.8) is 0 Å². The van der Waals surface area contributed by atoms with Crippen LogP contribution in [0, 0.1) is 62.3 Å². The summed E-state index contributed by atoms with van der Waals surface area (Å²) in [6.07, 6.45) is 2.05. The fourth-order valence-corrected chi connectivity index (χ4v) is 5.15. The molecule has 0 saturated heterocycles. The second-order valence-electron chi connectivity index (χ2n) is 9.20. The van der Waals surface area contributed by atoms with Crippen LogP contribution in [-0.4, -0.2) is 0 Å². The molecule has 3 aromatic carbocycles. The van der Waals surface area contributed by atoms with Crippen LogP contribution in [0.2, 0.25) is 0 Å². The highest BCUT2D eigenvalue weighted by Crippen LogP contribution is 2.30. The van der Waals surface area contributed by atoms with Crippen molar-refractivity contribution in [3.8, 4) is 0 Å². The van der Waals surface area contributed by atoms with E-state index in [9.17, 15) is 0 Å². The van der Waals surface area contributed by atoms with Crippen LogP contribution in [0.15, 0.2) is 30.3 Å². The van der Waals surface area contributed by atoms with Gasteiger partial charge >= 0.3 is 0 Å². The van der Waals surface area contributed by atoms with Gasteiger partial charge in [-0.3, -0.25) is 0 Å². The van der Waals surface area contributed by atoms with Crippen LogP contribution in [0.25, 0.3) is 0 Å². The zero-order valence-corrected chi connectivity index (χ0v) is 19.8. The molecule has 0 nitrogen and oxygen atoms in total. The molecule has 0 aliphatic heterocycles. The van der Waals surface area contributed by atoms with Gasteiger partial charge in [0, 0.05) is 0 Å². The molecule has 3 rings (SSSR count). The Hall–Kier alpha value is -2.34. The maximum Gasteiger partial charge on any atom is -0.00152 e. The molecule has 0 N–H and O–H groups in total. The zero-order chi connectivity index (χ0) is 21.5. The molecule has 0 aromatic heterocycles. The van der Waals surface area contributed by atoms with Crippen LogP contribution in [-0.2, 0) is 12.8 Å². The quantitative estimate of drug-likeness (QED) is 0.433. The summed E-state index contributed by atoms with van der Waals surface area (Å²) in [6, 6.07) is 11.7. The molecule has 152 valence electrons. The summed E-state index contributed by atoms with van der Waals surface area (Å²) in [5.41, 5.74) is 18.6. The summed E-state index contributed by atoms with van der Waals surface area (Å²) in [6.45, 7) is 20.3. The summed E-state index contributed by atoms with van der Waals surface area (Å²) < 4.78 is 0. The van der Waals surface area contributed by atoms with Gasteiger partial charge in [0.2, 0.25) is 0 Å². The third-order valence-electron chi connectivity index (χ3n) is 6.68. The van der Waals surface area contributed by atoms with Crippen molar-refractivity contribution < 1.29 is 0 Å². The summed E-state index contributed by atoms with van der Waals surface area (Å²) in [5, 5.41) is 0. The van der Waals surface area contributed by atoms with Gasteiger partial charge in [0.1, 0.15) is 0 Å². The van der Waals surface area contributed by atoms with Crippen LogP contribution in [0.4, 0.5) is 0 Å². The number of aryl methyl sites for hydroxylation is 8. The second kappa shape index (κ2) is 8.19. The molecule has 0 aliphatic carbocycles. The standard InChI is InChI=1S/C29H36/c1-17-10-19(3)26(20(4)11-17)15-28-23(7)14-24(8)29(25(28)9)16-27-21(5)12-18(2)13-22(27)6/h10-14H,15-16H2,1-9H3. The monoisotopic (exact) mass is 384 g/mol. The third-order valence-corrected chi connectivity index (χ3v) is 6.68. The van der Waals surface area contributed by atoms with Gasteiger partial charge in [0.15, 0.2) is 0 Å². The molecule has 0 spiro atoms. The maximum atomic E-state index is 2.40. The average molecular weight is 385 g/mol. The van der Waals surface area contributed by atoms with E-state index in [0.717, 1.165) is 12.8 Å². The van der Waals surface area contributed by atoms with E-state index in [1.54, 1.807) is 0 Å². The van der Waals surface area contributed by atoms with E-state index in [2.05, 4.69) is 92.6 Å². The highest BCUT2D eigenvalue weighted by atomic mass is 14.2. The first-order chi connectivity index (χ1) is 13.6. The molecule has 3 aromatic rings. The molecule has 0 fully saturated rings. The van der Waals surface area contributed by atoms with Crippen molar-refractivity contribution in [2.45, 2.75) is 75.2 Å². The lowest BCUT2D eigenvalue weighted by molar-refractivity contribution is 1.02. The van der Waals surface area contributed by atoms with E-state index in [1.165, 1.54) is 72.3 Å². The van der Waals surface area contributed by atoms with Crippen molar-refractivity contribution in [2.24, 2.45) is 0 Å². The first-order valence-electron chi connectivity index (χ1n) is 10.8. The van der Waals surface area contributed by atoms with E-state index in [-0.39, 0.29) is 0 Å². The minimum atomic E-state index is 1.02. The Morgan fingerprint density at radius 3 is 0.966 bits per heavy atom. The maximum absolute atomic E-state index is 2.40. The lowest BCUT2D eigenvalue weighted by Crippen LogP contribution is -2.07. The average Bonchev–Trinajstić information content (AvgIpc) is 2.58. The fraction of sp³-hybridized carbons (Fsp3) is 0.379. The Morgan fingerprint density at radius 2 is 0.655 bits per heavy atom. The first kappa shape index (κ1) is 21.4. The highest BCUT2D eigenvalue weighted by molar-refractivity contribution is 5.52. The molecule has 0 amide bonds. The molecule has 0 saturated carbocycles. The Labute approximate surface area is 178 Å². The van der Waals surface area contributed by atoms with Gasteiger partial charge in [-0.2, -0.15) is 0 Å². The molecule has 0 heteroatoms. The van der Waals surface area contributed by atoms with Crippen molar-refractivity contribution in [2.75, 3.05) is 0 Å². The second-order valence-corrected chi connectivity index (χ2v) is 9.20. The summed E-state index contributed by atoms with van der Waals surface area (Å²) in [4.78, 5) is 0. The summed E-state index contributed by atoms with van der Waals surface area (Å²) in [5.74, 6) is 0. The molecule has 0 aliphatic rings. The smallest absolute Gasteiger partial charge is 0.00152 e. The number of hydrogen-bond acceptors (Lipinski definition) is 0. The molecule has 0 bridgehead atoms. The largest absolute Gasteiger partial charge is 0.0561 e. The zero-order valence-electron chi connectivity index (χ0n) is 19.8. The van der Waals surface area contributed by atoms with Crippen molar-refractivity contribution in [3.05, 3.63) is 103 Å². The van der Waals surface area contributed by atoms with E-state index < -0.39 is 0 Å². The Bertz CT molecular complexity index is 950. The van der Waals surface area contributed by atoms with Crippen molar-refractivity contribution in [1.29, 1.82) is 0 Å². The predicted molar refractivity (Wildman–Crippen MR) is 128 cm³/mol. The van der Waals surface area contributed by atoms with Gasteiger partial charge in [0.25, 0.3) is 0 Å². The van der Waals surface area contributed by atoms with Gasteiger partial charge in [-0.1, -0.05) is 41.5 Å². The van der Waals surface area contributed by atoms with E-state index in [4.69, 9.17) is 0 Å². The molecule has 29 heavy (non-hydrogen) atoms. The van der Waals surface area contributed by atoms with Gasteiger partial charge in [-0.15, -0.1) is 0 Å². The van der Waals surface area contributed by atoms with Gasteiger partial charge in [-0.25, -0.2) is 0 Å². The van der Waals surface area contributed by atoms with E-state index in [1.807, 2.05) is 0 Å². The van der Waals surface area contributed by atoms with Crippen LogP contribution in [0.1, 0.15) is 72.3 Å². The van der Waals surface area contributed by atoms with Crippen LogP contribution >= 0.6 is 0 Å². The molecule has 0 radical (unpaired) electrons. The normalized spacial score (nSPS) is 11.2. The first-order valence-corrected chi connectivity index (χ1v) is 10.8. The Kier molecular flexibility index (Phi) is 6.03. The summed E-state index contributed by atoms with van der Waals surface area (Å²) >= 11 is 0. The molecule has 0 heterocycles. The molecular formula is C29H36. The number of hydrogen-bond donors (Lipinski definition) is 0. The Balaban J connectivity index is 2.09. The lowest BCUT2D eigenvalue weighted by Gasteiger charge is -2.21. The highest BCUT2D eigenvalue weighted by Gasteiger charge is 2.16. The van der Waals surface area contributed by atoms with Gasteiger partial charge in [-0.05, 0) is 136 Å². The Morgan fingerprint density at radius 1 is 0.379 bits per heavy atom. The minimum absolute atomic E-state index is 1.02. The minimum Gasteiger partial charge on any atom is -0.0561 e. The lowest BCUT2D eigenvalue weighted by atomic mass is 9.84. The molecule has 0 unspecified atom stereocenters. The van der Waals surface area contributed by atoms with Gasteiger partial charge < -0.3 is 0 Å². The fourth-order valence-electron chi connectivity index (χ4n) is 5.15. The van der Waals surface area contributed by atoms with Gasteiger partial charge in [0.05, 0.1) is 0 Å². The SMILES string of the molecule is Cc1cc(C)c(Cc2c(C)cc(C)c(Cc3c(C)cc(C)cc3C)c2C)c(C)c1. The van der Waals surface area contributed by atoms with E-state index >= 15 is 0 Å². The summed E-state index contributed by atoms with van der Waals surface area (Å²) in [7, 11) is 0. The number of rotatable bonds is 4. The predicted octanol–water partition coefficient (Wildman–Crippen LogP) is 7.64. The molecular weight excluding hydrogens is 348 g/mol. The van der Waals surface area contributed by atoms with Crippen LogP contribution in [0.5, 0.6) is 0 Å². The van der Waals surface area contributed by atoms with Crippen LogP contribution in [0.3, 0.4) is 0 Å². The van der Waals surface area contributed by atoms with Crippen LogP contribution < -0.4 is 0 Å². The molecule has 0 atom stereocenters. The van der Waals surface area contributed by atoms with Crippen molar-refractivity contribution >= 4 is 0 Å².